The minimum atomic E-state index is -1.02. The van der Waals surface area contributed by atoms with Gasteiger partial charge in [-0.15, -0.1) is 0 Å². The monoisotopic (exact) mass is 483 g/mol. The van der Waals surface area contributed by atoms with E-state index in [0.29, 0.717) is 21.5 Å². The summed E-state index contributed by atoms with van der Waals surface area (Å²) in [6.07, 6.45) is 4.57. The molecule has 5 nitrogen and oxygen atoms in total. The molecule has 1 fully saturated rings. The summed E-state index contributed by atoms with van der Waals surface area (Å²) in [5.74, 6) is -1.28. The largest absolute Gasteiger partial charge is 0.478 e. The first-order valence-corrected chi connectivity index (χ1v) is 11.4. The fourth-order valence-electron chi connectivity index (χ4n) is 4.32. The Balaban J connectivity index is 1.77. The number of benzene rings is 3. The second-order valence-corrected chi connectivity index (χ2v) is 8.86. The first kappa shape index (κ1) is 22.6. The van der Waals surface area contributed by atoms with Crippen molar-refractivity contribution in [3.63, 3.8) is 0 Å². The van der Waals surface area contributed by atoms with Gasteiger partial charge in [-0.3, -0.25) is 5.10 Å². The van der Waals surface area contributed by atoms with E-state index in [1.165, 1.54) is 6.08 Å². The number of aliphatic carboxylic acids is 1. The topological polar surface area (TPSA) is 89.8 Å². The second kappa shape index (κ2) is 9.21. The van der Waals surface area contributed by atoms with E-state index in [-0.39, 0.29) is 5.92 Å². The average Bonchev–Trinajstić information content (AvgIpc) is 3.64. The smallest absolute Gasteiger partial charge is 0.328 e. The molecule has 3 aromatic carbocycles. The van der Waals surface area contributed by atoms with Crippen molar-refractivity contribution in [1.82, 2.24) is 10.2 Å². The van der Waals surface area contributed by atoms with Gasteiger partial charge in [0.15, 0.2) is 0 Å². The van der Waals surface area contributed by atoms with E-state index in [9.17, 15) is 14.4 Å². The molecule has 0 bridgehead atoms. The molecule has 0 saturated heterocycles. The Kier molecular flexibility index (Phi) is 5.94. The number of allylic oxidation sites excluding steroid dienone is 1. The fourth-order valence-corrected chi connectivity index (χ4v) is 4.49. The van der Waals surface area contributed by atoms with Crippen LogP contribution in [-0.2, 0) is 4.79 Å². The minimum Gasteiger partial charge on any atom is -0.478 e. The summed E-state index contributed by atoms with van der Waals surface area (Å²) in [4.78, 5) is 10.9. The van der Waals surface area contributed by atoms with Gasteiger partial charge in [0.1, 0.15) is 0 Å². The molecule has 4 aromatic rings. The van der Waals surface area contributed by atoms with Crippen molar-refractivity contribution >= 4 is 45.7 Å². The summed E-state index contributed by atoms with van der Waals surface area (Å²) in [6.45, 7) is 0. The highest BCUT2D eigenvalue weighted by atomic mass is 35.5. The fraction of sp³-hybridized carbons (Fsp3) is 0.107. The highest BCUT2D eigenvalue weighted by Gasteiger charge is 2.32. The third-order valence-corrected chi connectivity index (χ3v) is 6.30. The first-order chi connectivity index (χ1) is 16.9. The summed E-state index contributed by atoms with van der Waals surface area (Å²) in [6, 6.07) is 20.5. The lowest BCUT2D eigenvalue weighted by Crippen LogP contribution is -2.00. The van der Waals surface area contributed by atoms with E-state index in [4.69, 9.17) is 16.7 Å². The Morgan fingerprint density at radius 2 is 1.86 bits per heavy atom. The van der Waals surface area contributed by atoms with Gasteiger partial charge >= 0.3 is 5.97 Å². The Morgan fingerprint density at radius 3 is 2.54 bits per heavy atom. The molecular formula is C28H19ClFN3O2. The van der Waals surface area contributed by atoms with Gasteiger partial charge in [-0.2, -0.15) is 14.8 Å². The molecule has 1 heterocycles. The molecule has 1 aromatic heterocycles. The molecule has 2 N–H and O–H groups in total. The van der Waals surface area contributed by atoms with Gasteiger partial charge in [0, 0.05) is 11.1 Å². The van der Waals surface area contributed by atoms with Crippen LogP contribution in [-0.4, -0.2) is 21.3 Å². The number of nitrogens with one attached hydrogen (secondary N) is 1. The maximum atomic E-state index is 14.4. The highest BCUT2D eigenvalue weighted by molar-refractivity contribution is 6.30. The van der Waals surface area contributed by atoms with E-state index >= 15 is 0 Å². The van der Waals surface area contributed by atoms with Crippen LogP contribution in [0.3, 0.4) is 0 Å². The Morgan fingerprint density at radius 1 is 1.11 bits per heavy atom. The number of fused-ring (bicyclic) bond motifs is 1. The van der Waals surface area contributed by atoms with E-state index in [1.807, 2.05) is 36.4 Å². The number of aromatic nitrogens is 2. The number of hydrogen-bond donors (Lipinski definition) is 2. The van der Waals surface area contributed by atoms with Gasteiger partial charge < -0.3 is 5.11 Å². The maximum Gasteiger partial charge on any atom is 0.328 e. The molecule has 0 amide bonds. The lowest BCUT2D eigenvalue weighted by molar-refractivity contribution is -0.131. The number of nitriles is 1. The zero-order valence-electron chi connectivity index (χ0n) is 18.4. The van der Waals surface area contributed by atoms with Crippen LogP contribution in [0.4, 0.5) is 4.39 Å². The average molecular weight is 484 g/mol. The van der Waals surface area contributed by atoms with Gasteiger partial charge in [-0.25, -0.2) is 4.79 Å². The number of rotatable bonds is 6. The number of nitrogens with zero attached hydrogens (tertiary/aromatic N) is 2. The quantitative estimate of drug-likeness (QED) is 0.236. The molecular weight excluding hydrogens is 465 g/mol. The Hall–Kier alpha value is -4.21. The standard InChI is InChI=1S/C28H19ClFN3O2/c29-21-9-10-22(20(13-21)15-31)27(18-6-7-18)26(17-4-1-16(2-5-17)3-12-25(34)35)19-8-11-24-23(14-19)28(30)33-32-24/h1-5,8-14,18H,6-7H2,(H,32,33)(H,34,35). The lowest BCUT2D eigenvalue weighted by Gasteiger charge is -2.18. The van der Waals surface area contributed by atoms with Gasteiger partial charge in [0.05, 0.1) is 22.5 Å². The maximum absolute atomic E-state index is 14.4. The van der Waals surface area contributed by atoms with Gasteiger partial charge in [-0.1, -0.05) is 48.0 Å². The molecule has 0 spiro atoms. The van der Waals surface area contributed by atoms with Crippen molar-refractivity contribution in [2.45, 2.75) is 12.8 Å². The summed E-state index contributed by atoms with van der Waals surface area (Å²) < 4.78 is 14.4. The van der Waals surface area contributed by atoms with Crippen molar-refractivity contribution in [1.29, 1.82) is 5.26 Å². The molecule has 0 unspecified atom stereocenters. The number of hydrogen-bond acceptors (Lipinski definition) is 3. The number of carboxylic acid groups (broad SMARTS) is 1. The Labute approximate surface area is 205 Å². The van der Waals surface area contributed by atoms with Crippen molar-refractivity contribution in [2.24, 2.45) is 5.92 Å². The third-order valence-electron chi connectivity index (χ3n) is 6.06. The number of halogens is 2. The zero-order valence-corrected chi connectivity index (χ0v) is 19.2. The normalized spacial score (nSPS) is 14.2. The molecule has 0 radical (unpaired) electrons. The predicted molar refractivity (Wildman–Crippen MR) is 134 cm³/mol. The summed E-state index contributed by atoms with van der Waals surface area (Å²) >= 11 is 6.18. The van der Waals surface area contributed by atoms with Crippen molar-refractivity contribution in [3.05, 3.63) is 106 Å². The number of aromatic amines is 1. The molecule has 1 aliphatic rings. The van der Waals surface area contributed by atoms with Crippen molar-refractivity contribution in [2.75, 3.05) is 0 Å². The van der Waals surface area contributed by atoms with Crippen LogP contribution in [0.1, 0.15) is 40.7 Å². The van der Waals surface area contributed by atoms with Crippen LogP contribution in [0.5, 0.6) is 0 Å². The molecule has 172 valence electrons. The van der Waals surface area contributed by atoms with Crippen LogP contribution in [0.2, 0.25) is 5.02 Å². The van der Waals surface area contributed by atoms with Gasteiger partial charge in [0.2, 0.25) is 5.95 Å². The SMILES string of the molecule is N#Cc1cc(Cl)ccc1C(=C(c1ccc(C=CC(=O)O)cc1)c1ccc2n[nH]c(F)c2c1)C1CC1. The highest BCUT2D eigenvalue weighted by Crippen LogP contribution is 2.48. The second-order valence-electron chi connectivity index (χ2n) is 8.43. The number of carboxylic acids is 1. The van der Waals surface area contributed by atoms with E-state index in [2.05, 4.69) is 16.3 Å². The van der Waals surface area contributed by atoms with Crippen molar-refractivity contribution < 1.29 is 14.3 Å². The van der Waals surface area contributed by atoms with E-state index < -0.39 is 11.9 Å². The van der Waals surface area contributed by atoms with Crippen LogP contribution in [0.25, 0.3) is 28.1 Å². The van der Waals surface area contributed by atoms with Crippen LogP contribution in [0, 0.1) is 23.2 Å². The molecule has 7 heteroatoms. The summed E-state index contributed by atoms with van der Waals surface area (Å²) in [7, 11) is 0. The molecule has 0 atom stereocenters. The van der Waals surface area contributed by atoms with Crippen LogP contribution < -0.4 is 0 Å². The molecule has 1 saturated carbocycles. The van der Waals surface area contributed by atoms with Gasteiger partial charge in [0.25, 0.3) is 0 Å². The number of carbonyl (C=O) groups is 1. The number of H-pyrrole nitrogens is 1. The zero-order chi connectivity index (χ0) is 24.5. The molecule has 5 rings (SSSR count). The van der Waals surface area contributed by atoms with Crippen LogP contribution in [0.15, 0.2) is 66.7 Å². The van der Waals surface area contributed by atoms with Crippen LogP contribution >= 0.6 is 11.6 Å². The summed E-state index contributed by atoms with van der Waals surface area (Å²) in [5, 5.41) is 26.0. The van der Waals surface area contributed by atoms with Crippen molar-refractivity contribution in [3.8, 4) is 6.07 Å². The Bertz CT molecular complexity index is 1560. The van der Waals surface area contributed by atoms with E-state index in [1.54, 1.807) is 24.3 Å². The molecule has 1 aliphatic carbocycles. The molecule has 0 aliphatic heterocycles. The minimum absolute atomic E-state index is 0.245. The third kappa shape index (κ3) is 4.59. The van der Waals surface area contributed by atoms with E-state index in [0.717, 1.165) is 52.3 Å². The first-order valence-electron chi connectivity index (χ1n) is 11.0. The lowest BCUT2D eigenvalue weighted by atomic mass is 9.85. The van der Waals surface area contributed by atoms with Gasteiger partial charge in [-0.05, 0) is 82.5 Å². The molecule has 35 heavy (non-hydrogen) atoms. The predicted octanol–water partition coefficient (Wildman–Crippen LogP) is 6.69. The summed E-state index contributed by atoms with van der Waals surface area (Å²) in [5.41, 5.74) is 6.12.